The average molecular weight is 148 g/mol. The zero-order valence-electron chi connectivity index (χ0n) is 2.95. The Morgan fingerprint density at radius 2 is 2.20 bits per heavy atom. The molecule has 1 radical (unpaired) electrons. The molecule has 0 spiro atoms. The first kappa shape index (κ1) is 4.18. The summed E-state index contributed by atoms with van der Waals surface area (Å²) in [4.78, 5) is 0. The molecule has 0 aromatic rings. The van der Waals surface area contributed by atoms with Crippen LogP contribution in [0.2, 0.25) is 4.78 Å². The Labute approximate surface area is 45.3 Å². The molecular weight excluding hydrogens is 143 g/mol. The fraction of sp³-hybridized carbons (Fsp3) is 1.00. The molecule has 0 N–H and O–H groups in total. The molecule has 0 saturated heterocycles. The molecule has 0 aromatic carbocycles. The minimum Gasteiger partial charge on any atom is -0.232 e. The predicted octanol–water partition coefficient (Wildman–Crippen LogP) is 1.58. The van der Waals surface area contributed by atoms with E-state index in [0.717, 1.165) is 4.78 Å². The van der Waals surface area contributed by atoms with Crippen molar-refractivity contribution in [2.24, 2.45) is 0 Å². The first-order chi connectivity index (χ1) is 2.43. The standard InChI is InChI=1S/C3H5.Al.BrH/c1-2-3-1;;/h1H,2-3H2;;1H/q;+1;/p-1. The minimum atomic E-state index is 0.655. The molecule has 0 aliphatic heterocycles. The lowest BCUT2D eigenvalue weighted by molar-refractivity contribution is 1.47. The zero-order valence-corrected chi connectivity index (χ0v) is 5.69. The van der Waals surface area contributed by atoms with Crippen molar-refractivity contribution in [2.75, 3.05) is 0 Å². The molecule has 27 valence electrons. The summed E-state index contributed by atoms with van der Waals surface area (Å²) in [5.74, 6) is 0. The summed E-state index contributed by atoms with van der Waals surface area (Å²) in [6.45, 7) is 0. The third kappa shape index (κ3) is 1.26. The Hall–Kier alpha value is 1.01. The largest absolute Gasteiger partial charge is 0.320 e. The maximum Gasteiger partial charge on any atom is 0.320 e. The van der Waals surface area contributed by atoms with E-state index in [1.807, 2.05) is 0 Å². The summed E-state index contributed by atoms with van der Waals surface area (Å²) in [6.07, 6.45) is 3.00. The van der Waals surface area contributed by atoms with Crippen molar-refractivity contribution in [3.63, 3.8) is 0 Å². The van der Waals surface area contributed by atoms with Gasteiger partial charge in [-0.15, -0.1) is 0 Å². The first-order valence-corrected chi connectivity index (χ1v) is 5.72. The Bertz CT molecular complexity index is 33.9. The van der Waals surface area contributed by atoms with Gasteiger partial charge >= 0.3 is 13.4 Å². The van der Waals surface area contributed by atoms with Gasteiger partial charge in [-0.05, 0) is 0 Å². The highest BCUT2D eigenvalue weighted by molar-refractivity contribution is 9.23. The van der Waals surface area contributed by atoms with Crippen LogP contribution >= 0.6 is 14.1 Å². The Morgan fingerprint density at radius 3 is 2.20 bits per heavy atom. The zero-order chi connectivity index (χ0) is 3.70. The number of rotatable bonds is 1. The van der Waals surface area contributed by atoms with Crippen molar-refractivity contribution < 1.29 is 0 Å². The topological polar surface area (TPSA) is 0 Å². The van der Waals surface area contributed by atoms with Crippen molar-refractivity contribution >= 4 is 27.4 Å². The van der Waals surface area contributed by atoms with Crippen molar-refractivity contribution in [3.8, 4) is 0 Å². The molecule has 0 amide bonds. The molecule has 0 unspecified atom stereocenters. The molecule has 0 bridgehead atoms. The molecule has 1 aliphatic rings. The maximum atomic E-state index is 3.46. The highest BCUT2D eigenvalue weighted by atomic mass is 79.9. The van der Waals surface area contributed by atoms with Crippen molar-refractivity contribution in [2.45, 2.75) is 17.6 Å². The first-order valence-electron chi connectivity index (χ1n) is 1.87. The summed E-state index contributed by atoms with van der Waals surface area (Å²) < 4.78 is 1.13. The Kier molecular flexibility index (Phi) is 1.37. The average Bonchev–Trinajstić information content (AvgIpc) is 2.12. The molecular formula is C3H5AlBr. The predicted molar refractivity (Wildman–Crippen MR) is 27.7 cm³/mol. The van der Waals surface area contributed by atoms with Gasteiger partial charge < -0.3 is 0 Å². The van der Waals surface area contributed by atoms with E-state index in [4.69, 9.17) is 0 Å². The third-order valence-electron chi connectivity index (χ3n) is 0.800. The van der Waals surface area contributed by atoms with Crippen molar-refractivity contribution in [1.82, 2.24) is 0 Å². The van der Waals surface area contributed by atoms with Crippen LogP contribution in [0.1, 0.15) is 12.8 Å². The number of hydrogen-bond donors (Lipinski definition) is 0. The fourth-order valence-electron chi connectivity index (χ4n) is 0.222. The van der Waals surface area contributed by atoms with Crippen molar-refractivity contribution in [3.05, 3.63) is 0 Å². The molecule has 2 heteroatoms. The van der Waals surface area contributed by atoms with Crippen LogP contribution in [0.4, 0.5) is 0 Å². The van der Waals surface area contributed by atoms with Gasteiger partial charge in [0.25, 0.3) is 0 Å². The quantitative estimate of drug-likeness (QED) is 0.495. The minimum absolute atomic E-state index is 0.655. The molecule has 5 heavy (non-hydrogen) atoms. The third-order valence-corrected chi connectivity index (χ3v) is 4.07. The van der Waals surface area contributed by atoms with E-state index < -0.39 is 0 Å². The summed E-state index contributed by atoms with van der Waals surface area (Å²) in [5.41, 5.74) is 0. The van der Waals surface area contributed by atoms with Crippen LogP contribution in [0.5, 0.6) is 0 Å². The monoisotopic (exact) mass is 147 g/mol. The van der Waals surface area contributed by atoms with Crippen molar-refractivity contribution in [1.29, 1.82) is 0 Å². The summed E-state index contributed by atoms with van der Waals surface area (Å²) in [6, 6.07) is 0. The molecule has 1 saturated carbocycles. The normalized spacial score (nSPS) is 22.6. The Balaban J connectivity index is 2.00. The highest BCUT2D eigenvalue weighted by Gasteiger charge is 2.20. The second-order valence-corrected chi connectivity index (χ2v) is 4.24. The summed E-state index contributed by atoms with van der Waals surface area (Å²) in [7, 11) is 0. The van der Waals surface area contributed by atoms with Gasteiger partial charge in [0.1, 0.15) is 0 Å². The lowest BCUT2D eigenvalue weighted by Crippen LogP contribution is -1.65. The fourth-order valence-corrected chi connectivity index (χ4v) is 2.25. The number of hydrogen-bond acceptors (Lipinski definition) is 0. The second-order valence-electron chi connectivity index (χ2n) is 1.46. The van der Waals surface area contributed by atoms with Crippen LogP contribution in [0.15, 0.2) is 0 Å². The van der Waals surface area contributed by atoms with Crippen LogP contribution in [0, 0.1) is 0 Å². The Morgan fingerprint density at radius 1 is 1.60 bits per heavy atom. The summed E-state index contributed by atoms with van der Waals surface area (Å²) in [5, 5.41) is 0. The molecule has 1 fully saturated rings. The number of halogens is 1. The molecule has 0 heterocycles. The van der Waals surface area contributed by atoms with Crippen LogP contribution in [0.3, 0.4) is 0 Å². The van der Waals surface area contributed by atoms with Gasteiger partial charge in [0, 0.05) is 0 Å². The van der Waals surface area contributed by atoms with E-state index in [2.05, 4.69) is 14.1 Å². The van der Waals surface area contributed by atoms with Crippen LogP contribution in [-0.4, -0.2) is 13.4 Å². The molecule has 0 aromatic heterocycles. The van der Waals surface area contributed by atoms with Gasteiger partial charge in [0.2, 0.25) is 0 Å². The van der Waals surface area contributed by atoms with E-state index in [1.54, 1.807) is 0 Å². The lowest BCUT2D eigenvalue weighted by atomic mass is 11.0. The van der Waals surface area contributed by atoms with Gasteiger partial charge in [-0.3, -0.25) is 0 Å². The maximum absolute atomic E-state index is 3.46. The second kappa shape index (κ2) is 1.64. The smallest absolute Gasteiger partial charge is 0.232 e. The summed E-state index contributed by atoms with van der Waals surface area (Å²) >= 11 is 4.11. The SMILES string of the molecule is [Br][Al][CH]1CC1. The van der Waals surface area contributed by atoms with Crippen LogP contribution in [0.25, 0.3) is 0 Å². The van der Waals surface area contributed by atoms with E-state index in [1.165, 1.54) is 12.8 Å². The van der Waals surface area contributed by atoms with E-state index in [9.17, 15) is 0 Å². The van der Waals surface area contributed by atoms with Crippen LogP contribution < -0.4 is 0 Å². The van der Waals surface area contributed by atoms with E-state index in [-0.39, 0.29) is 0 Å². The van der Waals surface area contributed by atoms with Gasteiger partial charge in [0.15, 0.2) is 0 Å². The lowest BCUT2D eigenvalue weighted by Gasteiger charge is -1.65. The molecule has 0 nitrogen and oxygen atoms in total. The molecule has 1 aliphatic carbocycles. The van der Waals surface area contributed by atoms with Gasteiger partial charge in [-0.25, -0.2) is 14.1 Å². The highest BCUT2D eigenvalue weighted by Crippen LogP contribution is 2.35. The van der Waals surface area contributed by atoms with Crippen LogP contribution in [-0.2, 0) is 0 Å². The van der Waals surface area contributed by atoms with Gasteiger partial charge in [-0.1, -0.05) is 17.6 Å². The van der Waals surface area contributed by atoms with E-state index in [0.29, 0.717) is 13.4 Å². The molecule has 1 rings (SSSR count). The van der Waals surface area contributed by atoms with E-state index >= 15 is 0 Å². The van der Waals surface area contributed by atoms with Gasteiger partial charge in [-0.2, -0.15) is 0 Å². The molecule has 0 atom stereocenters. The van der Waals surface area contributed by atoms with Gasteiger partial charge in [0.05, 0.1) is 0 Å².